The van der Waals surface area contributed by atoms with Crippen molar-refractivity contribution in [2.75, 3.05) is 26.2 Å². The molecule has 0 unspecified atom stereocenters. The molecule has 0 heterocycles. The lowest BCUT2D eigenvalue weighted by Gasteiger charge is -2.36. The highest BCUT2D eigenvalue weighted by atomic mass is 28.4. The number of carbonyl (C=O) groups excluding carboxylic acids is 1. The minimum atomic E-state index is -1.74. The van der Waals surface area contributed by atoms with E-state index in [-0.39, 0.29) is 17.5 Å². The Morgan fingerprint density at radius 1 is 1.39 bits per heavy atom. The van der Waals surface area contributed by atoms with Gasteiger partial charge in [-0.2, -0.15) is 0 Å². The van der Waals surface area contributed by atoms with Crippen molar-refractivity contribution in [2.24, 2.45) is 0 Å². The average Bonchev–Trinajstić information content (AvgIpc) is 2.23. The quantitative estimate of drug-likeness (QED) is 0.549. The van der Waals surface area contributed by atoms with Gasteiger partial charge in [-0.1, -0.05) is 20.8 Å². The zero-order valence-corrected chi connectivity index (χ0v) is 13.5. The lowest BCUT2D eigenvalue weighted by molar-refractivity contribution is -0.129. The summed E-state index contributed by atoms with van der Waals surface area (Å²) in [5, 5.41) is 0.185. The van der Waals surface area contributed by atoms with Crippen molar-refractivity contribution in [1.82, 2.24) is 4.90 Å². The number of amides is 1. The highest BCUT2D eigenvalue weighted by Gasteiger charge is 2.37. The summed E-state index contributed by atoms with van der Waals surface area (Å²) in [6.07, 6.45) is 0. The van der Waals surface area contributed by atoms with E-state index in [0.717, 1.165) is 0 Å². The lowest BCUT2D eigenvalue weighted by atomic mass is 10.2. The highest BCUT2D eigenvalue weighted by Crippen LogP contribution is 2.36. The van der Waals surface area contributed by atoms with E-state index < -0.39 is 8.32 Å². The number of hydrogen-bond donors (Lipinski definition) is 0. The first-order chi connectivity index (χ1) is 8.15. The van der Waals surface area contributed by atoms with Crippen LogP contribution >= 0.6 is 0 Å². The average molecular weight is 270 g/mol. The summed E-state index contributed by atoms with van der Waals surface area (Å²) in [7, 11) is -1.74. The van der Waals surface area contributed by atoms with E-state index in [1.54, 1.807) is 4.90 Å². The van der Waals surface area contributed by atoms with Crippen molar-refractivity contribution in [3.8, 4) is 0 Å². The highest BCUT2D eigenvalue weighted by molar-refractivity contribution is 6.74. The number of hydrogen-bond acceptors (Lipinski definition) is 2. The second kappa shape index (κ2) is 6.91. The molecule has 1 amide bonds. The Hall–Kier alpha value is -0.863. The van der Waals surface area contributed by atoms with Crippen molar-refractivity contribution in [3.05, 3.63) is 11.4 Å². The summed E-state index contributed by atoms with van der Waals surface area (Å²) in [6.45, 7) is 21.3. The van der Waals surface area contributed by atoms with Crippen LogP contribution in [0.4, 0.5) is 0 Å². The van der Waals surface area contributed by atoms with Gasteiger partial charge in [-0.25, -0.2) is 6.57 Å². The van der Waals surface area contributed by atoms with Gasteiger partial charge >= 0.3 is 5.91 Å². The van der Waals surface area contributed by atoms with Gasteiger partial charge in [0, 0.05) is 13.1 Å². The van der Waals surface area contributed by atoms with Crippen LogP contribution in [0, 0.1) is 6.57 Å². The molecular formula is C13H26N2O2Si. The lowest BCUT2D eigenvalue weighted by Crippen LogP contribution is -2.43. The summed E-state index contributed by atoms with van der Waals surface area (Å²) in [4.78, 5) is 16.4. The number of likely N-dealkylation sites (N-methyl/N-ethyl adjacent to an activating group) is 1. The van der Waals surface area contributed by atoms with E-state index in [2.05, 4.69) is 38.7 Å². The molecule has 0 rings (SSSR count). The van der Waals surface area contributed by atoms with Crippen LogP contribution in [0.2, 0.25) is 18.1 Å². The van der Waals surface area contributed by atoms with Crippen molar-refractivity contribution in [2.45, 2.75) is 45.8 Å². The second-order valence-corrected chi connectivity index (χ2v) is 10.7. The second-order valence-electron chi connectivity index (χ2n) is 5.90. The smallest absolute Gasteiger partial charge is 0.302 e. The SMILES string of the molecule is [C-]#[N+]CC(=O)N(CC)CCO[Si](C)(C)C(C)(C)C. The summed E-state index contributed by atoms with van der Waals surface area (Å²) >= 11 is 0. The first kappa shape index (κ1) is 17.1. The van der Waals surface area contributed by atoms with Gasteiger partial charge in [-0.3, -0.25) is 4.79 Å². The van der Waals surface area contributed by atoms with Crippen LogP contribution in [0.15, 0.2) is 0 Å². The Morgan fingerprint density at radius 2 is 1.94 bits per heavy atom. The Labute approximate surface area is 112 Å². The third kappa shape index (κ3) is 5.19. The van der Waals surface area contributed by atoms with E-state index in [1.807, 2.05) is 6.92 Å². The molecule has 0 aromatic heterocycles. The van der Waals surface area contributed by atoms with Gasteiger partial charge in [-0.15, -0.1) is 0 Å². The predicted molar refractivity (Wildman–Crippen MR) is 76.9 cm³/mol. The van der Waals surface area contributed by atoms with E-state index in [4.69, 9.17) is 11.0 Å². The molecule has 0 N–H and O–H groups in total. The molecule has 0 atom stereocenters. The predicted octanol–water partition coefficient (Wildman–Crippen LogP) is 2.78. The van der Waals surface area contributed by atoms with Gasteiger partial charge in [0.15, 0.2) is 8.32 Å². The maximum Gasteiger partial charge on any atom is 0.302 e. The standard InChI is InChI=1S/C13H26N2O2Si/c1-8-15(12(16)11-14-5)9-10-17-18(6,7)13(2,3)4/h8-11H2,1-4,6-7H3. The summed E-state index contributed by atoms with van der Waals surface area (Å²) < 4.78 is 6.02. The number of nitrogens with zero attached hydrogens (tertiary/aromatic N) is 2. The molecule has 0 saturated carbocycles. The Kier molecular flexibility index (Phi) is 6.58. The molecule has 104 valence electrons. The van der Waals surface area contributed by atoms with Crippen molar-refractivity contribution >= 4 is 14.2 Å². The number of carbonyl (C=O) groups is 1. The summed E-state index contributed by atoms with van der Waals surface area (Å²) in [6, 6.07) is 0. The fourth-order valence-corrected chi connectivity index (χ4v) is 2.29. The molecule has 0 aromatic rings. The fraction of sp³-hybridized carbons (Fsp3) is 0.846. The zero-order chi connectivity index (χ0) is 14.4. The molecule has 4 nitrogen and oxygen atoms in total. The molecule has 0 bridgehead atoms. The van der Waals surface area contributed by atoms with Gasteiger partial charge in [0.25, 0.3) is 6.54 Å². The Morgan fingerprint density at radius 3 is 2.33 bits per heavy atom. The molecule has 0 radical (unpaired) electrons. The molecule has 0 aromatic carbocycles. The van der Waals surface area contributed by atoms with Gasteiger partial charge in [0.1, 0.15) is 0 Å². The molecule has 0 spiro atoms. The third-order valence-corrected chi connectivity index (χ3v) is 8.12. The normalized spacial score (nSPS) is 12.1. The molecule has 0 aliphatic carbocycles. The van der Waals surface area contributed by atoms with Crippen molar-refractivity contribution < 1.29 is 9.22 Å². The first-order valence-corrected chi connectivity index (χ1v) is 9.31. The van der Waals surface area contributed by atoms with E-state index in [1.165, 1.54) is 0 Å². The van der Waals surface area contributed by atoms with Gasteiger partial charge < -0.3 is 14.2 Å². The molecule has 0 aliphatic heterocycles. The minimum Gasteiger partial charge on any atom is -0.415 e. The Balaban J connectivity index is 4.25. The molecule has 0 saturated heterocycles. The molecule has 0 fully saturated rings. The molecule has 18 heavy (non-hydrogen) atoms. The molecule has 5 heteroatoms. The van der Waals surface area contributed by atoms with Crippen LogP contribution in [-0.4, -0.2) is 45.4 Å². The van der Waals surface area contributed by atoms with Crippen LogP contribution in [-0.2, 0) is 9.22 Å². The zero-order valence-electron chi connectivity index (χ0n) is 12.5. The first-order valence-electron chi connectivity index (χ1n) is 6.40. The Bertz CT molecular complexity index is 316. The summed E-state index contributed by atoms with van der Waals surface area (Å²) in [5.41, 5.74) is 0. The van der Waals surface area contributed by atoms with E-state index in [0.29, 0.717) is 19.7 Å². The minimum absolute atomic E-state index is 0.0616. The fourth-order valence-electron chi connectivity index (χ4n) is 1.25. The van der Waals surface area contributed by atoms with Crippen LogP contribution in [0.25, 0.3) is 4.85 Å². The molecule has 0 aliphatic rings. The largest absolute Gasteiger partial charge is 0.415 e. The van der Waals surface area contributed by atoms with Gasteiger partial charge in [0.2, 0.25) is 0 Å². The van der Waals surface area contributed by atoms with E-state index >= 15 is 0 Å². The monoisotopic (exact) mass is 270 g/mol. The number of rotatable bonds is 6. The maximum atomic E-state index is 11.6. The summed E-state index contributed by atoms with van der Waals surface area (Å²) in [5.74, 6) is -0.105. The van der Waals surface area contributed by atoms with Gasteiger partial charge in [-0.05, 0) is 25.1 Å². The van der Waals surface area contributed by atoms with Crippen LogP contribution in [0.5, 0.6) is 0 Å². The van der Waals surface area contributed by atoms with Crippen LogP contribution in [0.3, 0.4) is 0 Å². The van der Waals surface area contributed by atoms with Crippen molar-refractivity contribution in [3.63, 3.8) is 0 Å². The third-order valence-electron chi connectivity index (χ3n) is 3.58. The van der Waals surface area contributed by atoms with Crippen LogP contribution < -0.4 is 0 Å². The van der Waals surface area contributed by atoms with Gasteiger partial charge in [0.05, 0.1) is 6.61 Å². The van der Waals surface area contributed by atoms with E-state index in [9.17, 15) is 4.79 Å². The topological polar surface area (TPSA) is 33.9 Å². The molecular weight excluding hydrogens is 244 g/mol. The van der Waals surface area contributed by atoms with Crippen molar-refractivity contribution in [1.29, 1.82) is 0 Å². The van der Waals surface area contributed by atoms with Crippen LogP contribution in [0.1, 0.15) is 27.7 Å². The maximum absolute atomic E-state index is 11.6.